The van der Waals surface area contributed by atoms with Crippen molar-refractivity contribution in [3.05, 3.63) is 41.5 Å². The van der Waals surface area contributed by atoms with E-state index in [0.717, 1.165) is 6.07 Å². The van der Waals surface area contributed by atoms with E-state index >= 15 is 0 Å². The summed E-state index contributed by atoms with van der Waals surface area (Å²) in [4.78, 5) is 12.3. The maximum Gasteiger partial charge on any atom is 0.446 e. The number of aromatic hydroxyl groups is 2. The average Bonchev–Trinajstić information content (AvgIpc) is 2.52. The van der Waals surface area contributed by atoms with Crippen molar-refractivity contribution < 1.29 is 41.6 Å². The number of carbonyl (C=O) groups excluding carboxylic acids is 1. The number of benzene rings is 2. The molecule has 0 spiro atoms. The lowest BCUT2D eigenvalue weighted by Crippen LogP contribution is -2.20. The highest BCUT2D eigenvalue weighted by Gasteiger charge is 2.31. The second kappa shape index (κ2) is 6.39. The van der Waals surface area contributed by atoms with Gasteiger partial charge in [0.25, 0.3) is 0 Å². The van der Waals surface area contributed by atoms with E-state index in [0.29, 0.717) is 5.56 Å². The first kappa shape index (κ1) is 17.8. The van der Waals surface area contributed by atoms with Gasteiger partial charge in [0.05, 0.1) is 13.5 Å². The molecule has 10 heteroatoms. The molecule has 0 saturated carbocycles. The molecule has 26 heavy (non-hydrogen) atoms. The van der Waals surface area contributed by atoms with Crippen LogP contribution in [0.4, 0.5) is 0 Å². The van der Waals surface area contributed by atoms with Gasteiger partial charge in [-0.2, -0.15) is 8.42 Å². The Kier molecular flexibility index (Phi) is 4.38. The number of phenolic OH excluding ortho intramolecular Hbond substituents is 2. The summed E-state index contributed by atoms with van der Waals surface area (Å²) in [6.45, 7) is 0. The van der Waals surface area contributed by atoms with Crippen molar-refractivity contribution in [2.24, 2.45) is 0 Å². The molecule has 0 aliphatic carbocycles. The second-order valence-corrected chi connectivity index (χ2v) is 6.52. The highest BCUT2D eigenvalue weighted by molar-refractivity contribution is 7.81. The largest absolute Gasteiger partial charge is 0.508 e. The number of hydrogen-bond acceptors (Lipinski definition) is 8. The topological polar surface area (TPSA) is 140 Å². The number of ether oxygens (including phenoxy) is 2. The van der Waals surface area contributed by atoms with Gasteiger partial charge in [-0.05, 0) is 17.7 Å². The van der Waals surface area contributed by atoms with E-state index in [1.54, 1.807) is 0 Å². The molecule has 2 aromatic rings. The molecule has 0 fully saturated rings. The molecule has 1 aliphatic rings. The molecule has 9 nitrogen and oxygen atoms in total. The molecule has 0 aromatic heterocycles. The van der Waals surface area contributed by atoms with Gasteiger partial charge in [-0.3, -0.25) is 9.35 Å². The number of fused-ring (bicyclic) bond motifs is 1. The van der Waals surface area contributed by atoms with Gasteiger partial charge in [0, 0.05) is 12.1 Å². The zero-order valence-corrected chi connectivity index (χ0v) is 14.2. The van der Waals surface area contributed by atoms with Crippen molar-refractivity contribution in [2.75, 3.05) is 7.11 Å². The molecule has 1 unspecified atom stereocenters. The molecule has 1 heterocycles. The highest BCUT2D eigenvalue weighted by Crippen LogP contribution is 2.42. The Bertz CT molecular complexity index is 981. The molecular weight excluding hydrogens is 368 g/mol. The summed E-state index contributed by atoms with van der Waals surface area (Å²) in [5.74, 6) is -1.33. The molecule has 0 bridgehead atoms. The summed E-state index contributed by atoms with van der Waals surface area (Å²) >= 11 is 0. The SMILES string of the molecule is COc1ccc(C2CC(=O)c3c(O)cc(O)cc3O2)cc1OS(=O)(=O)O. The van der Waals surface area contributed by atoms with Crippen LogP contribution >= 0.6 is 0 Å². The standard InChI is InChI=1S/C16H14O9S/c1-23-12-3-2-8(4-14(12)25-26(20,21)22)13-7-11(19)16-10(18)5-9(17)6-15(16)24-13/h2-6,13,17-18H,7H2,1H3,(H,20,21,22). The van der Waals surface area contributed by atoms with Crippen LogP contribution in [0.2, 0.25) is 0 Å². The first-order valence-electron chi connectivity index (χ1n) is 7.28. The number of hydrogen-bond donors (Lipinski definition) is 3. The van der Waals surface area contributed by atoms with E-state index < -0.39 is 28.0 Å². The van der Waals surface area contributed by atoms with Crippen LogP contribution in [0.15, 0.2) is 30.3 Å². The van der Waals surface area contributed by atoms with Gasteiger partial charge in [0.15, 0.2) is 17.3 Å². The zero-order chi connectivity index (χ0) is 19.1. The van der Waals surface area contributed by atoms with Gasteiger partial charge in [-0.15, -0.1) is 0 Å². The number of phenols is 2. The third-order valence-electron chi connectivity index (χ3n) is 3.74. The van der Waals surface area contributed by atoms with Crippen LogP contribution in [0.3, 0.4) is 0 Å². The van der Waals surface area contributed by atoms with Crippen molar-refractivity contribution in [1.29, 1.82) is 0 Å². The molecule has 0 radical (unpaired) electrons. The van der Waals surface area contributed by atoms with Crippen LogP contribution in [-0.4, -0.2) is 36.1 Å². The third-order valence-corrected chi connectivity index (χ3v) is 4.13. The molecule has 138 valence electrons. The zero-order valence-electron chi connectivity index (χ0n) is 13.4. The predicted octanol–water partition coefficient (Wildman–Crippen LogP) is 1.99. The molecule has 3 N–H and O–H groups in total. The minimum atomic E-state index is -4.78. The fourth-order valence-electron chi connectivity index (χ4n) is 2.68. The molecule has 0 saturated heterocycles. The molecule has 1 aliphatic heterocycles. The summed E-state index contributed by atoms with van der Waals surface area (Å²) in [7, 11) is -3.50. The number of Topliss-reactive ketones (excluding diaryl/α,β-unsaturated/α-hetero) is 1. The second-order valence-electron chi connectivity index (χ2n) is 5.49. The first-order chi connectivity index (χ1) is 12.2. The van der Waals surface area contributed by atoms with Crippen LogP contribution in [0.5, 0.6) is 28.7 Å². The monoisotopic (exact) mass is 382 g/mol. The fourth-order valence-corrected chi connectivity index (χ4v) is 3.04. The van der Waals surface area contributed by atoms with Crippen molar-refractivity contribution >= 4 is 16.2 Å². The molecule has 0 amide bonds. The van der Waals surface area contributed by atoms with E-state index in [-0.39, 0.29) is 35.0 Å². The van der Waals surface area contributed by atoms with Crippen LogP contribution in [-0.2, 0) is 10.4 Å². The van der Waals surface area contributed by atoms with Gasteiger partial charge in [0.2, 0.25) is 0 Å². The van der Waals surface area contributed by atoms with Crippen LogP contribution in [0.1, 0.15) is 28.4 Å². The van der Waals surface area contributed by atoms with E-state index in [1.807, 2.05) is 0 Å². The minimum absolute atomic E-state index is 0.00295. The van der Waals surface area contributed by atoms with Gasteiger partial charge >= 0.3 is 10.4 Å². The maximum atomic E-state index is 12.3. The quantitative estimate of drug-likeness (QED) is 0.677. The number of methoxy groups -OCH3 is 1. The summed E-state index contributed by atoms with van der Waals surface area (Å²) in [6.07, 6.45) is -0.964. The third kappa shape index (κ3) is 3.51. The lowest BCUT2D eigenvalue weighted by atomic mass is 9.95. The maximum absolute atomic E-state index is 12.3. The molecule has 1 atom stereocenters. The van der Waals surface area contributed by atoms with Gasteiger partial charge in [0.1, 0.15) is 28.9 Å². The predicted molar refractivity (Wildman–Crippen MR) is 87.3 cm³/mol. The normalized spacial score (nSPS) is 16.5. The Morgan fingerprint density at radius 2 is 1.88 bits per heavy atom. The van der Waals surface area contributed by atoms with Crippen molar-refractivity contribution in [3.8, 4) is 28.7 Å². The average molecular weight is 382 g/mol. The smallest absolute Gasteiger partial charge is 0.446 e. The minimum Gasteiger partial charge on any atom is -0.508 e. The Hall–Kier alpha value is -2.98. The Morgan fingerprint density at radius 1 is 1.15 bits per heavy atom. The lowest BCUT2D eigenvalue weighted by molar-refractivity contribution is 0.0844. The highest BCUT2D eigenvalue weighted by atomic mass is 32.3. The Labute approximate surface area is 148 Å². The van der Waals surface area contributed by atoms with E-state index in [4.69, 9.17) is 14.0 Å². The summed E-state index contributed by atoms with van der Waals surface area (Å²) < 4.78 is 45.9. The van der Waals surface area contributed by atoms with Crippen molar-refractivity contribution in [1.82, 2.24) is 0 Å². The van der Waals surface area contributed by atoms with Gasteiger partial charge in [-0.1, -0.05) is 6.07 Å². The molecular formula is C16H14O9S. The molecule has 2 aromatic carbocycles. The summed E-state index contributed by atoms with van der Waals surface area (Å²) in [6, 6.07) is 6.39. The van der Waals surface area contributed by atoms with Crippen LogP contribution < -0.4 is 13.7 Å². The Balaban J connectivity index is 2.00. The molecule has 3 rings (SSSR count). The van der Waals surface area contributed by atoms with E-state index in [1.165, 1.54) is 31.4 Å². The first-order valence-corrected chi connectivity index (χ1v) is 8.65. The fraction of sp³-hybridized carbons (Fsp3) is 0.188. The number of ketones is 1. The van der Waals surface area contributed by atoms with Crippen LogP contribution in [0, 0.1) is 0 Å². The number of carbonyl (C=O) groups is 1. The van der Waals surface area contributed by atoms with Crippen molar-refractivity contribution in [3.63, 3.8) is 0 Å². The van der Waals surface area contributed by atoms with Crippen LogP contribution in [0.25, 0.3) is 0 Å². The van der Waals surface area contributed by atoms with Crippen molar-refractivity contribution in [2.45, 2.75) is 12.5 Å². The van der Waals surface area contributed by atoms with E-state index in [9.17, 15) is 23.4 Å². The van der Waals surface area contributed by atoms with E-state index in [2.05, 4.69) is 4.18 Å². The number of rotatable bonds is 4. The van der Waals surface area contributed by atoms with Gasteiger partial charge < -0.3 is 23.9 Å². The summed E-state index contributed by atoms with van der Waals surface area (Å²) in [5.41, 5.74) is 0.327. The Morgan fingerprint density at radius 3 is 2.54 bits per heavy atom. The van der Waals surface area contributed by atoms with Gasteiger partial charge in [-0.25, -0.2) is 0 Å². The lowest BCUT2D eigenvalue weighted by Gasteiger charge is -2.26. The summed E-state index contributed by atoms with van der Waals surface area (Å²) in [5, 5.41) is 19.4.